The van der Waals surface area contributed by atoms with Crippen molar-refractivity contribution in [1.82, 2.24) is 0 Å². The van der Waals surface area contributed by atoms with Gasteiger partial charge < -0.3 is 10.1 Å². The van der Waals surface area contributed by atoms with Crippen LogP contribution in [0.3, 0.4) is 0 Å². The summed E-state index contributed by atoms with van der Waals surface area (Å²) in [6.07, 6.45) is 0.608. The minimum absolute atomic E-state index is 0.0719. The molecule has 0 spiro atoms. The number of hydrogen-bond acceptors (Lipinski definition) is 2. The van der Waals surface area contributed by atoms with Crippen LogP contribution >= 0.6 is 0 Å². The summed E-state index contributed by atoms with van der Waals surface area (Å²) in [5.74, 6) is -0.344. The molecule has 21 heavy (non-hydrogen) atoms. The zero-order valence-corrected chi connectivity index (χ0v) is 12.4. The van der Waals surface area contributed by atoms with Crippen molar-refractivity contribution >= 4 is 5.69 Å². The van der Waals surface area contributed by atoms with Gasteiger partial charge in [-0.25, -0.2) is 8.78 Å². The fraction of sp³-hybridized carbons (Fsp3) is 0.294. The third-order valence-electron chi connectivity index (χ3n) is 3.39. The van der Waals surface area contributed by atoms with Crippen LogP contribution in [0.4, 0.5) is 14.5 Å². The van der Waals surface area contributed by atoms with Gasteiger partial charge in [-0.15, -0.1) is 0 Å². The summed E-state index contributed by atoms with van der Waals surface area (Å²) in [6, 6.07) is 10.2. The Morgan fingerprint density at radius 2 is 1.86 bits per heavy atom. The minimum atomic E-state index is -0.579. The van der Waals surface area contributed by atoms with E-state index in [1.54, 1.807) is 14.0 Å². The van der Waals surface area contributed by atoms with Gasteiger partial charge in [-0.05, 0) is 43.5 Å². The maximum absolute atomic E-state index is 14.0. The molecule has 2 rings (SSSR count). The quantitative estimate of drug-likeness (QED) is 0.885. The third-order valence-corrected chi connectivity index (χ3v) is 3.39. The molecule has 2 nitrogen and oxygen atoms in total. The molecule has 112 valence electrons. The van der Waals surface area contributed by atoms with Crippen molar-refractivity contribution in [2.75, 3.05) is 12.4 Å². The highest BCUT2D eigenvalue weighted by molar-refractivity contribution is 5.50. The lowest BCUT2D eigenvalue weighted by atomic mass is 10.1. The largest absolute Gasteiger partial charge is 0.496 e. The molecule has 0 amide bonds. The van der Waals surface area contributed by atoms with Gasteiger partial charge in [0.05, 0.1) is 7.11 Å². The number of ether oxygens (including phenoxy) is 1. The Morgan fingerprint density at radius 1 is 1.14 bits per heavy atom. The van der Waals surface area contributed by atoms with E-state index < -0.39 is 11.6 Å². The highest BCUT2D eigenvalue weighted by Gasteiger charge is 2.15. The minimum Gasteiger partial charge on any atom is -0.496 e. The molecule has 0 aromatic heterocycles. The third kappa shape index (κ3) is 3.51. The van der Waals surface area contributed by atoms with Gasteiger partial charge in [-0.2, -0.15) is 0 Å². The van der Waals surface area contributed by atoms with E-state index in [0.29, 0.717) is 12.0 Å². The van der Waals surface area contributed by atoms with Crippen molar-refractivity contribution in [3.05, 3.63) is 59.2 Å². The molecule has 0 saturated carbocycles. The molecule has 0 heterocycles. The Bertz CT molecular complexity index is 628. The number of halogens is 2. The smallest absolute Gasteiger partial charge is 0.152 e. The molecule has 0 aliphatic heterocycles. The number of nitrogens with one attached hydrogen (secondary N) is 1. The van der Waals surface area contributed by atoms with Gasteiger partial charge in [0.15, 0.2) is 5.82 Å². The van der Waals surface area contributed by atoms with E-state index in [4.69, 9.17) is 4.74 Å². The van der Waals surface area contributed by atoms with Crippen LogP contribution in [0.1, 0.15) is 18.1 Å². The monoisotopic (exact) mass is 291 g/mol. The molecule has 0 saturated heterocycles. The van der Waals surface area contributed by atoms with Gasteiger partial charge in [-0.1, -0.05) is 24.3 Å². The van der Waals surface area contributed by atoms with Crippen molar-refractivity contribution in [3.63, 3.8) is 0 Å². The Balaban J connectivity index is 2.16. The van der Waals surface area contributed by atoms with Crippen molar-refractivity contribution in [1.29, 1.82) is 0 Å². The summed E-state index contributed by atoms with van der Waals surface area (Å²) in [7, 11) is 1.61. The maximum atomic E-state index is 14.0. The van der Waals surface area contributed by atoms with Crippen LogP contribution < -0.4 is 10.1 Å². The van der Waals surface area contributed by atoms with Crippen LogP contribution in [-0.2, 0) is 6.42 Å². The number of benzene rings is 2. The number of rotatable bonds is 5. The first-order chi connectivity index (χ1) is 10.0. The van der Waals surface area contributed by atoms with Crippen molar-refractivity contribution < 1.29 is 13.5 Å². The van der Waals surface area contributed by atoms with Gasteiger partial charge in [0.2, 0.25) is 0 Å². The summed E-state index contributed by atoms with van der Waals surface area (Å²) >= 11 is 0. The fourth-order valence-corrected chi connectivity index (χ4v) is 2.29. The standard InChI is InChI=1S/C17H19F2NO/c1-11-8-9-14(18)17(16(11)19)20-12(2)10-13-6-4-5-7-15(13)21-3/h4-9,12,20H,10H2,1-3H3. The lowest BCUT2D eigenvalue weighted by Gasteiger charge is -2.18. The molecule has 2 aromatic carbocycles. The molecule has 0 bridgehead atoms. The molecule has 1 N–H and O–H groups in total. The second-order valence-electron chi connectivity index (χ2n) is 5.11. The maximum Gasteiger partial charge on any atom is 0.152 e. The molecular formula is C17H19F2NO. The number of aryl methyl sites for hydroxylation is 1. The summed E-state index contributed by atoms with van der Waals surface area (Å²) in [4.78, 5) is 0. The van der Waals surface area contributed by atoms with Crippen LogP contribution in [0.15, 0.2) is 36.4 Å². The molecule has 0 fully saturated rings. The van der Waals surface area contributed by atoms with Crippen LogP contribution in [0, 0.1) is 18.6 Å². The van der Waals surface area contributed by atoms with E-state index in [1.807, 2.05) is 31.2 Å². The van der Waals surface area contributed by atoms with Crippen molar-refractivity contribution in [3.8, 4) is 5.75 Å². The molecule has 4 heteroatoms. The lowest BCUT2D eigenvalue weighted by Crippen LogP contribution is -2.20. The molecule has 1 unspecified atom stereocenters. The summed E-state index contributed by atoms with van der Waals surface area (Å²) in [5, 5.41) is 2.91. The number of anilines is 1. The van der Waals surface area contributed by atoms with Gasteiger partial charge in [0.25, 0.3) is 0 Å². The summed E-state index contributed by atoms with van der Waals surface area (Å²) < 4.78 is 33.0. The number of methoxy groups -OCH3 is 1. The highest BCUT2D eigenvalue weighted by atomic mass is 19.1. The average Bonchev–Trinajstić information content (AvgIpc) is 2.48. The van der Waals surface area contributed by atoms with Crippen LogP contribution in [0.25, 0.3) is 0 Å². The first-order valence-corrected chi connectivity index (χ1v) is 6.86. The Hall–Kier alpha value is -2.10. The molecule has 0 radical (unpaired) electrons. The summed E-state index contributed by atoms with van der Waals surface area (Å²) in [5.41, 5.74) is 1.34. The van der Waals surface area contributed by atoms with Crippen molar-refractivity contribution in [2.45, 2.75) is 26.3 Å². The number of hydrogen-bond donors (Lipinski definition) is 1. The molecular weight excluding hydrogens is 272 g/mol. The number of para-hydroxylation sites is 1. The van der Waals surface area contributed by atoms with Gasteiger partial charge in [0.1, 0.15) is 17.3 Å². The van der Waals surface area contributed by atoms with E-state index >= 15 is 0 Å². The Morgan fingerprint density at radius 3 is 2.57 bits per heavy atom. The molecule has 1 atom stereocenters. The van der Waals surface area contributed by atoms with Crippen LogP contribution in [0.5, 0.6) is 5.75 Å². The predicted octanol–water partition coefficient (Wildman–Crippen LogP) is 4.32. The summed E-state index contributed by atoms with van der Waals surface area (Å²) in [6.45, 7) is 3.50. The normalized spacial score (nSPS) is 12.0. The van der Waals surface area contributed by atoms with E-state index in [2.05, 4.69) is 5.32 Å². The first kappa shape index (κ1) is 15.3. The highest BCUT2D eigenvalue weighted by Crippen LogP contribution is 2.24. The Labute approximate surface area is 123 Å². The molecule has 0 aliphatic rings. The van der Waals surface area contributed by atoms with E-state index in [0.717, 1.165) is 11.3 Å². The van der Waals surface area contributed by atoms with E-state index in [1.165, 1.54) is 12.1 Å². The first-order valence-electron chi connectivity index (χ1n) is 6.86. The zero-order valence-electron chi connectivity index (χ0n) is 12.4. The zero-order chi connectivity index (χ0) is 15.4. The van der Waals surface area contributed by atoms with Gasteiger partial charge in [0, 0.05) is 6.04 Å². The van der Waals surface area contributed by atoms with Crippen LogP contribution in [-0.4, -0.2) is 13.2 Å². The SMILES string of the molecule is COc1ccccc1CC(C)Nc1c(F)ccc(C)c1F. The fourth-order valence-electron chi connectivity index (χ4n) is 2.29. The van der Waals surface area contributed by atoms with Gasteiger partial charge >= 0.3 is 0 Å². The van der Waals surface area contributed by atoms with Crippen LogP contribution in [0.2, 0.25) is 0 Å². The topological polar surface area (TPSA) is 21.3 Å². The molecule has 2 aromatic rings. The lowest BCUT2D eigenvalue weighted by molar-refractivity contribution is 0.408. The van der Waals surface area contributed by atoms with Gasteiger partial charge in [-0.3, -0.25) is 0 Å². The van der Waals surface area contributed by atoms with Crippen molar-refractivity contribution in [2.24, 2.45) is 0 Å². The van der Waals surface area contributed by atoms with E-state index in [-0.39, 0.29) is 11.7 Å². The predicted molar refractivity (Wildman–Crippen MR) is 80.9 cm³/mol. The molecule has 0 aliphatic carbocycles. The second kappa shape index (κ2) is 6.57. The van der Waals surface area contributed by atoms with E-state index in [9.17, 15) is 8.78 Å². The second-order valence-corrected chi connectivity index (χ2v) is 5.11. The Kier molecular flexibility index (Phi) is 4.78. The average molecular weight is 291 g/mol.